The number of ether oxygens (including phenoxy) is 1. The number of Topliss-reactive ketones (excluding diaryl/α,β-unsaturated/α-hetero) is 1. The Morgan fingerprint density at radius 1 is 1.12 bits per heavy atom. The lowest BCUT2D eigenvalue weighted by molar-refractivity contribution is -0.149. The second kappa shape index (κ2) is 7.90. The highest BCUT2D eigenvalue weighted by Crippen LogP contribution is 2.23. The van der Waals surface area contributed by atoms with E-state index in [4.69, 9.17) is 4.74 Å². The fourth-order valence-corrected chi connectivity index (χ4v) is 3.17. The van der Waals surface area contributed by atoms with Crippen molar-refractivity contribution in [2.24, 2.45) is 0 Å². The molecule has 0 aliphatic carbocycles. The third kappa shape index (κ3) is 4.02. The highest BCUT2D eigenvalue weighted by Gasteiger charge is 2.38. The lowest BCUT2D eigenvalue weighted by Gasteiger charge is -2.44. The monoisotopic (exact) mass is 332 g/mol. The smallest absolute Gasteiger partial charge is 0.323 e. The topological polar surface area (TPSA) is 49.9 Å². The van der Waals surface area contributed by atoms with Crippen LogP contribution in [0.4, 0.5) is 0 Å². The molecule has 5 heteroatoms. The quantitative estimate of drug-likeness (QED) is 0.590. The molecule has 132 valence electrons. The van der Waals surface area contributed by atoms with Gasteiger partial charge in [0.2, 0.25) is 0 Å². The summed E-state index contributed by atoms with van der Waals surface area (Å²) in [6.45, 7) is 11.1. The van der Waals surface area contributed by atoms with Crippen molar-refractivity contribution in [1.29, 1.82) is 0 Å². The fraction of sp³-hybridized carbons (Fsp3) is 0.579. The highest BCUT2D eigenvalue weighted by molar-refractivity contribution is 6.02. The van der Waals surface area contributed by atoms with Crippen molar-refractivity contribution < 1.29 is 14.3 Å². The molecule has 0 saturated carbocycles. The van der Waals surface area contributed by atoms with Gasteiger partial charge in [0.1, 0.15) is 6.04 Å². The molecule has 1 aliphatic rings. The van der Waals surface area contributed by atoms with Crippen molar-refractivity contribution in [1.82, 2.24) is 9.80 Å². The number of ketones is 1. The summed E-state index contributed by atoms with van der Waals surface area (Å²) in [7, 11) is 0. The zero-order valence-corrected chi connectivity index (χ0v) is 15.1. The van der Waals surface area contributed by atoms with Gasteiger partial charge in [-0.05, 0) is 27.7 Å². The number of esters is 1. The molecular weight excluding hydrogens is 304 g/mol. The summed E-state index contributed by atoms with van der Waals surface area (Å²) in [4.78, 5) is 29.1. The summed E-state index contributed by atoms with van der Waals surface area (Å²) in [5.41, 5.74) is 0.186. The predicted molar refractivity (Wildman–Crippen MR) is 94.1 cm³/mol. The third-order valence-electron chi connectivity index (χ3n) is 4.87. The van der Waals surface area contributed by atoms with Crippen LogP contribution in [0.2, 0.25) is 0 Å². The van der Waals surface area contributed by atoms with Crippen LogP contribution in [0.5, 0.6) is 0 Å². The molecule has 1 aromatic carbocycles. The third-order valence-corrected chi connectivity index (χ3v) is 4.87. The zero-order chi connectivity index (χ0) is 17.7. The molecule has 0 aromatic heterocycles. The molecule has 0 radical (unpaired) electrons. The van der Waals surface area contributed by atoms with Gasteiger partial charge < -0.3 is 4.74 Å². The summed E-state index contributed by atoms with van der Waals surface area (Å²) < 4.78 is 5.10. The summed E-state index contributed by atoms with van der Waals surface area (Å²) in [5, 5.41) is 0. The van der Waals surface area contributed by atoms with Crippen molar-refractivity contribution in [2.75, 3.05) is 32.8 Å². The Morgan fingerprint density at radius 3 is 2.25 bits per heavy atom. The van der Waals surface area contributed by atoms with E-state index in [1.165, 1.54) is 0 Å². The van der Waals surface area contributed by atoms with Crippen molar-refractivity contribution in [2.45, 2.75) is 39.3 Å². The van der Waals surface area contributed by atoms with Gasteiger partial charge in [-0.15, -0.1) is 0 Å². The van der Waals surface area contributed by atoms with Gasteiger partial charge in [0.05, 0.1) is 12.1 Å². The lowest BCUT2D eigenvalue weighted by Crippen LogP contribution is -2.59. The van der Waals surface area contributed by atoms with Gasteiger partial charge >= 0.3 is 5.97 Å². The molecule has 1 atom stereocenters. The van der Waals surface area contributed by atoms with Crippen molar-refractivity contribution in [3.8, 4) is 0 Å². The van der Waals surface area contributed by atoms with E-state index in [9.17, 15) is 9.59 Å². The van der Waals surface area contributed by atoms with E-state index in [0.717, 1.165) is 31.7 Å². The Kier molecular flexibility index (Phi) is 6.13. The van der Waals surface area contributed by atoms with E-state index in [2.05, 4.69) is 9.80 Å². The van der Waals surface area contributed by atoms with Gasteiger partial charge in [-0.1, -0.05) is 30.3 Å². The van der Waals surface area contributed by atoms with E-state index in [1.807, 2.05) is 58.0 Å². The molecule has 0 bridgehead atoms. The Bertz CT molecular complexity index is 563. The summed E-state index contributed by atoms with van der Waals surface area (Å²) in [6.07, 6.45) is 0. The SMILES string of the molecule is CCOC(=O)C(C)N1CCN(C(C)(C)C(=O)c2ccccc2)CC1. The van der Waals surface area contributed by atoms with Gasteiger partial charge in [0.25, 0.3) is 0 Å². The fourth-order valence-electron chi connectivity index (χ4n) is 3.17. The highest BCUT2D eigenvalue weighted by atomic mass is 16.5. The van der Waals surface area contributed by atoms with E-state index in [0.29, 0.717) is 6.61 Å². The van der Waals surface area contributed by atoms with Crippen LogP contribution in [-0.2, 0) is 9.53 Å². The van der Waals surface area contributed by atoms with Crippen LogP contribution in [0, 0.1) is 0 Å². The Morgan fingerprint density at radius 2 is 1.71 bits per heavy atom. The minimum atomic E-state index is -0.555. The average molecular weight is 332 g/mol. The van der Waals surface area contributed by atoms with Gasteiger partial charge in [-0.25, -0.2) is 0 Å². The Balaban J connectivity index is 1.98. The molecule has 5 nitrogen and oxygen atoms in total. The second-order valence-electron chi connectivity index (χ2n) is 6.71. The standard InChI is InChI=1S/C19H28N2O3/c1-5-24-18(23)15(2)20-11-13-21(14-12-20)19(3,4)17(22)16-9-7-6-8-10-16/h6-10,15H,5,11-14H2,1-4H3. The number of piperazine rings is 1. The van der Waals surface area contributed by atoms with Crippen LogP contribution in [0.25, 0.3) is 0 Å². The van der Waals surface area contributed by atoms with E-state index >= 15 is 0 Å². The Hall–Kier alpha value is -1.72. The maximum Gasteiger partial charge on any atom is 0.323 e. The van der Waals surface area contributed by atoms with Crippen molar-refractivity contribution in [3.63, 3.8) is 0 Å². The van der Waals surface area contributed by atoms with E-state index in [-0.39, 0.29) is 17.8 Å². The van der Waals surface area contributed by atoms with Crippen LogP contribution >= 0.6 is 0 Å². The number of hydrogen-bond donors (Lipinski definition) is 0. The summed E-state index contributed by atoms with van der Waals surface area (Å²) >= 11 is 0. The summed E-state index contributed by atoms with van der Waals surface area (Å²) in [6, 6.07) is 9.19. The maximum absolute atomic E-state index is 12.8. The molecule has 2 rings (SSSR count). The molecule has 1 aliphatic heterocycles. The lowest BCUT2D eigenvalue weighted by atomic mass is 9.90. The first-order chi connectivity index (χ1) is 11.4. The van der Waals surface area contributed by atoms with Crippen molar-refractivity contribution in [3.05, 3.63) is 35.9 Å². The van der Waals surface area contributed by atoms with Crippen molar-refractivity contribution >= 4 is 11.8 Å². The first kappa shape index (κ1) is 18.6. The minimum Gasteiger partial charge on any atom is -0.465 e. The minimum absolute atomic E-state index is 0.134. The molecule has 0 amide bonds. The van der Waals surface area contributed by atoms with Gasteiger partial charge in [0, 0.05) is 31.7 Å². The molecular formula is C19H28N2O3. The van der Waals surface area contributed by atoms with Crippen LogP contribution in [0.1, 0.15) is 38.1 Å². The molecule has 1 saturated heterocycles. The summed E-state index contributed by atoms with van der Waals surface area (Å²) in [5.74, 6) is -0.0411. The number of carbonyl (C=O) groups is 2. The molecule has 1 heterocycles. The maximum atomic E-state index is 12.8. The average Bonchev–Trinajstić information content (AvgIpc) is 2.61. The molecule has 0 spiro atoms. The number of nitrogens with zero attached hydrogens (tertiary/aromatic N) is 2. The number of hydrogen-bond acceptors (Lipinski definition) is 5. The molecule has 0 N–H and O–H groups in total. The van der Waals surface area contributed by atoms with Crippen LogP contribution < -0.4 is 0 Å². The largest absolute Gasteiger partial charge is 0.465 e. The van der Waals surface area contributed by atoms with Gasteiger partial charge in [-0.2, -0.15) is 0 Å². The first-order valence-electron chi connectivity index (χ1n) is 8.63. The second-order valence-corrected chi connectivity index (χ2v) is 6.71. The van der Waals surface area contributed by atoms with Crippen LogP contribution in [0.3, 0.4) is 0 Å². The molecule has 1 aromatic rings. The van der Waals surface area contributed by atoms with E-state index < -0.39 is 5.54 Å². The molecule has 1 fully saturated rings. The zero-order valence-electron chi connectivity index (χ0n) is 15.1. The first-order valence-corrected chi connectivity index (χ1v) is 8.63. The van der Waals surface area contributed by atoms with E-state index in [1.54, 1.807) is 0 Å². The number of carbonyl (C=O) groups excluding carboxylic acids is 2. The van der Waals surface area contributed by atoms with Gasteiger partial charge in [-0.3, -0.25) is 19.4 Å². The normalized spacial score (nSPS) is 18.2. The molecule has 1 unspecified atom stereocenters. The molecule has 24 heavy (non-hydrogen) atoms. The Labute approximate surface area is 144 Å². The predicted octanol–water partition coefficient (Wildman–Crippen LogP) is 2.22. The number of rotatable bonds is 6. The van der Waals surface area contributed by atoms with Crippen LogP contribution in [-0.4, -0.2) is 65.9 Å². The van der Waals surface area contributed by atoms with Crippen LogP contribution in [0.15, 0.2) is 30.3 Å². The number of benzene rings is 1. The van der Waals surface area contributed by atoms with Gasteiger partial charge in [0.15, 0.2) is 5.78 Å².